The smallest absolute Gasteiger partial charge is 0.243 e. The van der Waals surface area contributed by atoms with E-state index in [1.165, 1.54) is 4.31 Å². The minimum atomic E-state index is -3.45. The van der Waals surface area contributed by atoms with Crippen molar-refractivity contribution in [2.75, 3.05) is 13.1 Å². The number of piperidine rings is 1. The highest BCUT2D eigenvalue weighted by molar-refractivity contribution is 9.10. The van der Waals surface area contributed by atoms with E-state index in [0.717, 1.165) is 10.0 Å². The Balaban J connectivity index is 2.33. The number of hydrogen-bond acceptors (Lipinski definition) is 3. The number of aryl methyl sites for hydroxylation is 1. The van der Waals surface area contributed by atoms with Gasteiger partial charge in [0.25, 0.3) is 0 Å². The number of halogens is 1. The molecule has 1 fully saturated rings. The van der Waals surface area contributed by atoms with Crippen LogP contribution in [0.1, 0.15) is 18.4 Å². The molecule has 0 saturated carbocycles. The van der Waals surface area contributed by atoms with Gasteiger partial charge in [-0.2, -0.15) is 4.31 Å². The van der Waals surface area contributed by atoms with Crippen molar-refractivity contribution in [1.29, 1.82) is 0 Å². The Hall–Kier alpha value is -0.430. The number of aliphatic hydroxyl groups excluding tert-OH is 1. The van der Waals surface area contributed by atoms with Crippen molar-refractivity contribution < 1.29 is 13.5 Å². The van der Waals surface area contributed by atoms with E-state index >= 15 is 0 Å². The highest BCUT2D eigenvalue weighted by atomic mass is 79.9. The molecule has 100 valence electrons. The molecule has 0 spiro atoms. The molecule has 0 radical (unpaired) electrons. The van der Waals surface area contributed by atoms with E-state index in [-0.39, 0.29) is 6.10 Å². The summed E-state index contributed by atoms with van der Waals surface area (Å²) in [7, 11) is -3.45. The van der Waals surface area contributed by atoms with Crippen molar-refractivity contribution in [1.82, 2.24) is 4.31 Å². The lowest BCUT2D eigenvalue weighted by Gasteiger charge is -2.29. The number of benzene rings is 1. The molecule has 4 nitrogen and oxygen atoms in total. The van der Waals surface area contributed by atoms with E-state index in [4.69, 9.17) is 0 Å². The summed E-state index contributed by atoms with van der Waals surface area (Å²) >= 11 is 3.30. The number of sulfonamides is 1. The van der Waals surface area contributed by atoms with Gasteiger partial charge < -0.3 is 5.11 Å². The van der Waals surface area contributed by atoms with E-state index in [0.29, 0.717) is 30.8 Å². The van der Waals surface area contributed by atoms with Crippen molar-refractivity contribution in [3.8, 4) is 0 Å². The van der Waals surface area contributed by atoms with E-state index in [2.05, 4.69) is 15.9 Å². The van der Waals surface area contributed by atoms with Crippen LogP contribution in [0.2, 0.25) is 0 Å². The van der Waals surface area contributed by atoms with Crippen molar-refractivity contribution in [2.45, 2.75) is 30.8 Å². The van der Waals surface area contributed by atoms with Gasteiger partial charge in [-0.25, -0.2) is 8.42 Å². The molecular formula is C12H16BrNO3S. The van der Waals surface area contributed by atoms with Gasteiger partial charge in [0, 0.05) is 17.6 Å². The first-order valence-electron chi connectivity index (χ1n) is 5.85. The second-order valence-electron chi connectivity index (χ2n) is 4.55. The van der Waals surface area contributed by atoms with Crippen molar-refractivity contribution in [3.05, 3.63) is 28.2 Å². The van der Waals surface area contributed by atoms with Crippen LogP contribution in [-0.4, -0.2) is 37.0 Å². The van der Waals surface area contributed by atoms with Crippen molar-refractivity contribution in [2.24, 2.45) is 0 Å². The third-order valence-corrected chi connectivity index (χ3v) is 5.73. The van der Waals surface area contributed by atoms with Gasteiger partial charge in [-0.15, -0.1) is 0 Å². The van der Waals surface area contributed by atoms with Crippen LogP contribution in [0.5, 0.6) is 0 Å². The molecule has 1 aliphatic rings. The number of aliphatic hydroxyl groups is 1. The third-order valence-electron chi connectivity index (χ3n) is 3.19. The summed E-state index contributed by atoms with van der Waals surface area (Å²) in [5, 5.41) is 9.43. The molecule has 18 heavy (non-hydrogen) atoms. The number of hydrogen-bond donors (Lipinski definition) is 1. The second-order valence-corrected chi connectivity index (χ2v) is 7.37. The molecule has 1 N–H and O–H groups in total. The number of rotatable bonds is 2. The Kier molecular flexibility index (Phi) is 4.11. The zero-order valence-corrected chi connectivity index (χ0v) is 12.5. The van der Waals surface area contributed by atoms with Crippen molar-refractivity contribution >= 4 is 26.0 Å². The molecule has 1 aromatic rings. The molecule has 0 atom stereocenters. The largest absolute Gasteiger partial charge is 0.393 e. The second kappa shape index (κ2) is 5.28. The molecule has 1 saturated heterocycles. The zero-order valence-electron chi connectivity index (χ0n) is 10.1. The highest BCUT2D eigenvalue weighted by Gasteiger charge is 2.29. The predicted octanol–water partition coefficient (Wildman–Crippen LogP) is 1.90. The summed E-state index contributed by atoms with van der Waals surface area (Å²) in [5.41, 5.74) is 0.740. The first-order valence-corrected chi connectivity index (χ1v) is 8.09. The quantitative estimate of drug-likeness (QED) is 0.899. The lowest BCUT2D eigenvalue weighted by atomic mass is 10.1. The molecule has 0 unspecified atom stereocenters. The summed E-state index contributed by atoms with van der Waals surface area (Å²) in [6.45, 7) is 2.56. The lowest BCUT2D eigenvalue weighted by molar-refractivity contribution is 0.113. The first kappa shape index (κ1) is 14.0. The molecule has 6 heteroatoms. The zero-order chi connectivity index (χ0) is 13.3. The van der Waals surface area contributed by atoms with Gasteiger partial charge in [0.1, 0.15) is 0 Å². The fraction of sp³-hybridized carbons (Fsp3) is 0.500. The molecule has 0 aromatic heterocycles. The number of nitrogens with zero attached hydrogens (tertiary/aromatic N) is 1. The fourth-order valence-corrected chi connectivity index (χ4v) is 4.31. The van der Waals surface area contributed by atoms with Gasteiger partial charge >= 0.3 is 0 Å². The Labute approximate surface area is 116 Å². The molecule has 1 aromatic carbocycles. The van der Waals surface area contributed by atoms with Gasteiger partial charge in [0.15, 0.2) is 0 Å². The average Bonchev–Trinajstić information content (AvgIpc) is 2.32. The van der Waals surface area contributed by atoms with E-state index in [9.17, 15) is 13.5 Å². The Bertz CT molecular complexity index is 536. The summed E-state index contributed by atoms with van der Waals surface area (Å²) in [6, 6.07) is 5.25. The molecule has 0 amide bonds. The Morgan fingerprint density at radius 1 is 1.33 bits per heavy atom. The van der Waals surface area contributed by atoms with Crippen LogP contribution in [0.4, 0.5) is 0 Å². The maximum absolute atomic E-state index is 12.5. The highest BCUT2D eigenvalue weighted by Crippen LogP contribution is 2.26. The molecule has 1 aliphatic heterocycles. The molecular weight excluding hydrogens is 318 g/mol. The topological polar surface area (TPSA) is 57.6 Å². The van der Waals surface area contributed by atoms with Crippen LogP contribution in [0.25, 0.3) is 0 Å². The minimum Gasteiger partial charge on any atom is -0.393 e. The fourth-order valence-electron chi connectivity index (χ4n) is 2.07. The summed E-state index contributed by atoms with van der Waals surface area (Å²) < 4.78 is 27.2. The van der Waals surface area contributed by atoms with Crippen molar-refractivity contribution in [3.63, 3.8) is 0 Å². The van der Waals surface area contributed by atoms with Crippen LogP contribution in [-0.2, 0) is 10.0 Å². The van der Waals surface area contributed by atoms with E-state index < -0.39 is 10.0 Å². The summed E-state index contributed by atoms with van der Waals surface area (Å²) in [4.78, 5) is 0.341. The Morgan fingerprint density at radius 2 is 1.94 bits per heavy atom. The minimum absolute atomic E-state index is 0.341. The van der Waals surface area contributed by atoms with Gasteiger partial charge in [-0.05, 0) is 37.5 Å². The maximum Gasteiger partial charge on any atom is 0.243 e. The average molecular weight is 334 g/mol. The molecule has 0 aliphatic carbocycles. The van der Waals surface area contributed by atoms with Crippen LogP contribution >= 0.6 is 15.9 Å². The van der Waals surface area contributed by atoms with Crippen LogP contribution in [0, 0.1) is 6.92 Å². The predicted molar refractivity (Wildman–Crippen MR) is 72.9 cm³/mol. The summed E-state index contributed by atoms with van der Waals surface area (Å²) in [6.07, 6.45) is 0.638. The lowest BCUT2D eigenvalue weighted by Crippen LogP contribution is -2.40. The van der Waals surface area contributed by atoms with Crippen LogP contribution < -0.4 is 0 Å². The third kappa shape index (κ3) is 2.77. The van der Waals surface area contributed by atoms with Crippen LogP contribution in [0.15, 0.2) is 27.6 Å². The monoisotopic (exact) mass is 333 g/mol. The first-order chi connectivity index (χ1) is 8.41. The van der Waals surface area contributed by atoms with E-state index in [1.807, 2.05) is 6.07 Å². The standard InChI is InChI=1S/C12H16BrNO3S/c1-9-2-3-10(13)8-12(9)18(16,17)14-6-4-11(15)5-7-14/h2-3,8,11,15H,4-7H2,1H3. The molecule has 1 heterocycles. The molecule has 2 rings (SSSR count). The van der Waals surface area contributed by atoms with Gasteiger partial charge in [-0.3, -0.25) is 0 Å². The Morgan fingerprint density at radius 3 is 2.56 bits per heavy atom. The van der Waals surface area contributed by atoms with Gasteiger partial charge in [0.2, 0.25) is 10.0 Å². The van der Waals surface area contributed by atoms with Gasteiger partial charge in [0.05, 0.1) is 11.0 Å². The molecule has 0 bridgehead atoms. The SMILES string of the molecule is Cc1ccc(Br)cc1S(=O)(=O)N1CCC(O)CC1. The van der Waals surface area contributed by atoms with Crippen LogP contribution in [0.3, 0.4) is 0 Å². The van der Waals surface area contributed by atoms with Gasteiger partial charge in [-0.1, -0.05) is 22.0 Å². The maximum atomic E-state index is 12.5. The normalized spacial score (nSPS) is 19.1. The summed E-state index contributed by atoms with van der Waals surface area (Å²) in [5.74, 6) is 0. The van der Waals surface area contributed by atoms with E-state index in [1.54, 1.807) is 19.1 Å².